The number of hydrogen-bond acceptors (Lipinski definition) is 1. The second-order valence-electron chi connectivity index (χ2n) is 5.22. The molecule has 0 saturated heterocycles. The fourth-order valence-corrected chi connectivity index (χ4v) is 2.42. The van der Waals surface area contributed by atoms with Crippen molar-refractivity contribution in [3.63, 3.8) is 0 Å². The van der Waals surface area contributed by atoms with Crippen molar-refractivity contribution in [1.82, 2.24) is 0 Å². The van der Waals surface area contributed by atoms with Gasteiger partial charge in [-0.25, -0.2) is 0 Å². The second kappa shape index (κ2) is 11.9. The van der Waals surface area contributed by atoms with E-state index in [4.69, 9.17) is 5.73 Å². The van der Waals surface area contributed by atoms with Crippen LogP contribution < -0.4 is 5.73 Å². The van der Waals surface area contributed by atoms with E-state index < -0.39 is 0 Å². The van der Waals surface area contributed by atoms with Gasteiger partial charge >= 0.3 is 0 Å². The zero-order chi connectivity index (χ0) is 12.9. The molecule has 0 aliphatic rings. The lowest BCUT2D eigenvalue weighted by Gasteiger charge is -2.15. The Hall–Kier alpha value is -0.530. The van der Waals surface area contributed by atoms with Crippen LogP contribution in [0.3, 0.4) is 0 Å². The summed E-state index contributed by atoms with van der Waals surface area (Å²) in [7, 11) is 0. The molecule has 0 aliphatic heterocycles. The fraction of sp³-hybridized carbons (Fsp3) is 0.933. The van der Waals surface area contributed by atoms with Crippen molar-refractivity contribution in [1.29, 1.82) is 0 Å². The van der Waals surface area contributed by atoms with Crippen LogP contribution in [-0.2, 0) is 4.79 Å². The predicted octanol–water partition coefficient (Wildman–Crippen LogP) is 4.42. The van der Waals surface area contributed by atoms with Crippen molar-refractivity contribution >= 4 is 5.91 Å². The van der Waals surface area contributed by atoms with Crippen molar-refractivity contribution in [2.75, 3.05) is 0 Å². The molecule has 0 aromatic carbocycles. The Labute approximate surface area is 107 Å². The van der Waals surface area contributed by atoms with Crippen LogP contribution in [0.2, 0.25) is 0 Å². The van der Waals surface area contributed by atoms with Gasteiger partial charge in [0.25, 0.3) is 0 Å². The standard InChI is InChI=1S/C15H31NO/c1-3-5-11-14(10-4-2)12-8-6-7-9-13-15(16)17/h14H,3-13H2,1-2H3,(H2,16,17). The van der Waals surface area contributed by atoms with Crippen molar-refractivity contribution < 1.29 is 4.79 Å². The fourth-order valence-electron chi connectivity index (χ4n) is 2.42. The van der Waals surface area contributed by atoms with Gasteiger partial charge in [0, 0.05) is 6.42 Å². The van der Waals surface area contributed by atoms with Crippen LogP contribution in [0.15, 0.2) is 0 Å². The second-order valence-corrected chi connectivity index (χ2v) is 5.22. The molecule has 1 unspecified atom stereocenters. The molecule has 17 heavy (non-hydrogen) atoms. The van der Waals surface area contributed by atoms with E-state index in [9.17, 15) is 4.79 Å². The summed E-state index contributed by atoms with van der Waals surface area (Å²) in [6.07, 6.45) is 13.5. The van der Waals surface area contributed by atoms with Crippen LogP contribution in [-0.4, -0.2) is 5.91 Å². The number of unbranched alkanes of at least 4 members (excludes halogenated alkanes) is 4. The Morgan fingerprint density at radius 3 is 2.12 bits per heavy atom. The van der Waals surface area contributed by atoms with Crippen LogP contribution in [0.5, 0.6) is 0 Å². The molecule has 0 fully saturated rings. The number of primary amides is 1. The van der Waals surface area contributed by atoms with E-state index in [0.717, 1.165) is 18.8 Å². The monoisotopic (exact) mass is 241 g/mol. The minimum atomic E-state index is -0.156. The first-order valence-electron chi connectivity index (χ1n) is 7.49. The lowest BCUT2D eigenvalue weighted by Crippen LogP contribution is -2.09. The molecule has 1 amide bonds. The van der Waals surface area contributed by atoms with Gasteiger partial charge < -0.3 is 5.73 Å². The molecule has 2 nitrogen and oxygen atoms in total. The average Bonchev–Trinajstić information content (AvgIpc) is 2.29. The first-order chi connectivity index (χ1) is 8.20. The first-order valence-corrected chi connectivity index (χ1v) is 7.49. The highest BCUT2D eigenvalue weighted by Gasteiger charge is 2.06. The Morgan fingerprint density at radius 1 is 0.882 bits per heavy atom. The molecular formula is C15H31NO. The minimum Gasteiger partial charge on any atom is -0.370 e. The molecule has 0 aromatic heterocycles. The van der Waals surface area contributed by atoms with Gasteiger partial charge in [-0.1, -0.05) is 71.6 Å². The van der Waals surface area contributed by atoms with Gasteiger partial charge in [-0.15, -0.1) is 0 Å². The molecule has 0 saturated carbocycles. The molecular weight excluding hydrogens is 210 g/mol. The lowest BCUT2D eigenvalue weighted by atomic mass is 9.91. The minimum absolute atomic E-state index is 0.156. The third-order valence-electron chi connectivity index (χ3n) is 3.45. The maximum absolute atomic E-state index is 10.6. The third-order valence-corrected chi connectivity index (χ3v) is 3.45. The smallest absolute Gasteiger partial charge is 0.217 e. The van der Waals surface area contributed by atoms with Crippen molar-refractivity contribution in [3.8, 4) is 0 Å². The van der Waals surface area contributed by atoms with E-state index in [1.165, 1.54) is 51.4 Å². The molecule has 1 atom stereocenters. The van der Waals surface area contributed by atoms with Crippen LogP contribution in [0, 0.1) is 5.92 Å². The van der Waals surface area contributed by atoms with Gasteiger partial charge in [0.2, 0.25) is 5.91 Å². The zero-order valence-electron chi connectivity index (χ0n) is 11.8. The largest absolute Gasteiger partial charge is 0.370 e. The van der Waals surface area contributed by atoms with Gasteiger partial charge in [0.15, 0.2) is 0 Å². The van der Waals surface area contributed by atoms with Gasteiger partial charge in [-0.3, -0.25) is 4.79 Å². The van der Waals surface area contributed by atoms with Crippen LogP contribution in [0.4, 0.5) is 0 Å². The topological polar surface area (TPSA) is 43.1 Å². The van der Waals surface area contributed by atoms with Crippen molar-refractivity contribution in [2.45, 2.75) is 84.5 Å². The Bertz CT molecular complexity index is 180. The summed E-state index contributed by atoms with van der Waals surface area (Å²) >= 11 is 0. The molecule has 0 rings (SSSR count). The highest BCUT2D eigenvalue weighted by atomic mass is 16.1. The summed E-state index contributed by atoms with van der Waals surface area (Å²) in [6.45, 7) is 4.55. The molecule has 0 aromatic rings. The van der Waals surface area contributed by atoms with Crippen molar-refractivity contribution in [2.24, 2.45) is 11.7 Å². The molecule has 0 bridgehead atoms. The molecule has 102 valence electrons. The average molecular weight is 241 g/mol. The third kappa shape index (κ3) is 11.7. The predicted molar refractivity (Wildman–Crippen MR) is 74.8 cm³/mol. The highest BCUT2D eigenvalue weighted by molar-refractivity contribution is 5.73. The Balaban J connectivity index is 3.43. The molecule has 0 radical (unpaired) electrons. The molecule has 0 aliphatic carbocycles. The van der Waals surface area contributed by atoms with Crippen LogP contribution in [0.25, 0.3) is 0 Å². The molecule has 2 heteroatoms. The van der Waals surface area contributed by atoms with Crippen molar-refractivity contribution in [3.05, 3.63) is 0 Å². The molecule has 2 N–H and O–H groups in total. The summed E-state index contributed by atoms with van der Waals surface area (Å²) in [5.41, 5.74) is 5.11. The van der Waals surface area contributed by atoms with Gasteiger partial charge in [-0.05, 0) is 12.3 Å². The SMILES string of the molecule is CCCCC(CCC)CCCCCCC(N)=O. The Kier molecular flexibility index (Phi) is 11.6. The molecule has 0 heterocycles. The van der Waals surface area contributed by atoms with E-state index in [1.54, 1.807) is 0 Å². The van der Waals surface area contributed by atoms with E-state index in [-0.39, 0.29) is 5.91 Å². The van der Waals surface area contributed by atoms with Gasteiger partial charge in [0.1, 0.15) is 0 Å². The summed E-state index contributed by atoms with van der Waals surface area (Å²) in [6, 6.07) is 0. The van der Waals surface area contributed by atoms with Crippen LogP contribution in [0.1, 0.15) is 84.5 Å². The van der Waals surface area contributed by atoms with Gasteiger partial charge in [-0.2, -0.15) is 0 Å². The maximum atomic E-state index is 10.6. The number of nitrogens with two attached hydrogens (primary N) is 1. The quantitative estimate of drug-likeness (QED) is 0.505. The van der Waals surface area contributed by atoms with E-state index in [0.29, 0.717) is 6.42 Å². The maximum Gasteiger partial charge on any atom is 0.217 e. The first kappa shape index (κ1) is 16.5. The Morgan fingerprint density at radius 2 is 1.53 bits per heavy atom. The summed E-state index contributed by atoms with van der Waals surface area (Å²) < 4.78 is 0. The zero-order valence-corrected chi connectivity index (χ0v) is 11.8. The normalized spacial score (nSPS) is 12.6. The number of hydrogen-bond donors (Lipinski definition) is 1. The summed E-state index contributed by atoms with van der Waals surface area (Å²) in [5.74, 6) is 0.785. The van der Waals surface area contributed by atoms with E-state index in [2.05, 4.69) is 13.8 Å². The number of rotatable bonds is 12. The lowest BCUT2D eigenvalue weighted by molar-refractivity contribution is -0.118. The highest BCUT2D eigenvalue weighted by Crippen LogP contribution is 2.21. The summed E-state index contributed by atoms with van der Waals surface area (Å²) in [4.78, 5) is 10.6. The van der Waals surface area contributed by atoms with E-state index in [1.807, 2.05) is 0 Å². The number of carbonyl (C=O) groups is 1. The molecule has 0 spiro atoms. The van der Waals surface area contributed by atoms with E-state index >= 15 is 0 Å². The summed E-state index contributed by atoms with van der Waals surface area (Å²) in [5, 5.41) is 0. The number of carbonyl (C=O) groups excluding carboxylic acids is 1. The van der Waals surface area contributed by atoms with Gasteiger partial charge in [0.05, 0.1) is 0 Å². The van der Waals surface area contributed by atoms with Crippen LogP contribution >= 0.6 is 0 Å². The number of amides is 1.